The van der Waals surface area contributed by atoms with Crippen LogP contribution in [0.4, 0.5) is 5.69 Å². The van der Waals surface area contributed by atoms with Crippen LogP contribution in [0, 0.1) is 6.92 Å². The van der Waals surface area contributed by atoms with E-state index in [1.165, 1.54) is 26.7 Å². The maximum atomic E-state index is 5.86. The van der Waals surface area contributed by atoms with E-state index >= 15 is 0 Å². The lowest BCUT2D eigenvalue weighted by Gasteiger charge is -2.11. The fourth-order valence-electron chi connectivity index (χ4n) is 2.30. The number of hydrogen-bond acceptors (Lipinski definition) is 3. The van der Waals surface area contributed by atoms with Crippen LogP contribution in [0.1, 0.15) is 17.0 Å². The van der Waals surface area contributed by atoms with Gasteiger partial charge in [-0.15, -0.1) is 23.5 Å². The Labute approximate surface area is 123 Å². The lowest BCUT2D eigenvalue weighted by Crippen LogP contribution is -2.00. The second-order valence-electron chi connectivity index (χ2n) is 4.88. The SMILES string of the molecule is Cc1cc(SCC2CSc3ccccc32)ccc1N. The van der Waals surface area contributed by atoms with E-state index in [0.717, 1.165) is 11.4 Å². The Morgan fingerprint density at radius 3 is 2.95 bits per heavy atom. The second-order valence-corrected chi connectivity index (χ2v) is 7.03. The van der Waals surface area contributed by atoms with Gasteiger partial charge in [0.2, 0.25) is 0 Å². The minimum Gasteiger partial charge on any atom is -0.399 e. The minimum atomic E-state index is 0.670. The number of nitrogen functional groups attached to an aromatic ring is 1. The van der Waals surface area contributed by atoms with Crippen LogP contribution in [-0.4, -0.2) is 11.5 Å². The first kappa shape index (κ1) is 12.9. The molecule has 2 aromatic rings. The summed E-state index contributed by atoms with van der Waals surface area (Å²) in [6, 6.07) is 15.1. The van der Waals surface area contributed by atoms with E-state index in [4.69, 9.17) is 5.73 Å². The van der Waals surface area contributed by atoms with Crippen LogP contribution >= 0.6 is 23.5 Å². The van der Waals surface area contributed by atoms with Gasteiger partial charge >= 0.3 is 0 Å². The van der Waals surface area contributed by atoms with Gasteiger partial charge in [-0.25, -0.2) is 0 Å². The Bertz CT molecular complexity index is 595. The fraction of sp³-hybridized carbons (Fsp3) is 0.250. The molecule has 2 aromatic carbocycles. The Morgan fingerprint density at radius 2 is 2.11 bits per heavy atom. The molecular weight excluding hydrogens is 270 g/mol. The second kappa shape index (κ2) is 5.51. The zero-order valence-corrected chi connectivity index (χ0v) is 12.6. The summed E-state index contributed by atoms with van der Waals surface area (Å²) in [6.07, 6.45) is 0. The molecule has 0 fully saturated rings. The Morgan fingerprint density at radius 1 is 1.26 bits per heavy atom. The standard InChI is InChI=1S/C16H17NS2/c1-11-8-13(6-7-15(11)17)18-9-12-10-19-16-5-3-2-4-14(12)16/h2-8,12H,9-10,17H2,1H3. The summed E-state index contributed by atoms with van der Waals surface area (Å²) in [5.74, 6) is 3.03. The molecule has 0 saturated carbocycles. The first-order valence-electron chi connectivity index (χ1n) is 6.44. The van der Waals surface area contributed by atoms with Crippen molar-refractivity contribution >= 4 is 29.2 Å². The molecular formula is C16H17NS2. The highest BCUT2D eigenvalue weighted by Crippen LogP contribution is 2.41. The third kappa shape index (κ3) is 2.77. The highest BCUT2D eigenvalue weighted by atomic mass is 32.2. The average molecular weight is 287 g/mol. The monoisotopic (exact) mass is 287 g/mol. The molecule has 0 bridgehead atoms. The summed E-state index contributed by atoms with van der Waals surface area (Å²) in [5, 5.41) is 0. The van der Waals surface area contributed by atoms with Crippen LogP contribution in [0.15, 0.2) is 52.3 Å². The highest BCUT2D eigenvalue weighted by molar-refractivity contribution is 8.00. The number of aryl methyl sites for hydroxylation is 1. The van der Waals surface area contributed by atoms with E-state index < -0.39 is 0 Å². The molecule has 0 spiro atoms. The van der Waals surface area contributed by atoms with Crippen molar-refractivity contribution in [3.05, 3.63) is 53.6 Å². The molecule has 0 radical (unpaired) electrons. The number of anilines is 1. The summed E-state index contributed by atoms with van der Waals surface area (Å²) in [5.41, 5.74) is 9.43. The summed E-state index contributed by atoms with van der Waals surface area (Å²) in [6.45, 7) is 2.07. The van der Waals surface area contributed by atoms with Gasteiger partial charge in [-0.1, -0.05) is 18.2 Å². The number of thioether (sulfide) groups is 2. The summed E-state index contributed by atoms with van der Waals surface area (Å²) >= 11 is 3.92. The summed E-state index contributed by atoms with van der Waals surface area (Å²) in [4.78, 5) is 2.78. The van der Waals surface area contributed by atoms with Gasteiger partial charge < -0.3 is 5.73 Å². The van der Waals surface area contributed by atoms with Crippen molar-refractivity contribution < 1.29 is 0 Å². The van der Waals surface area contributed by atoms with Crippen molar-refractivity contribution in [1.82, 2.24) is 0 Å². The van der Waals surface area contributed by atoms with Crippen LogP contribution in [0.5, 0.6) is 0 Å². The largest absolute Gasteiger partial charge is 0.399 e. The number of nitrogens with two attached hydrogens (primary N) is 1. The van der Waals surface area contributed by atoms with Crippen LogP contribution in [-0.2, 0) is 0 Å². The Kier molecular flexibility index (Phi) is 3.76. The summed E-state index contributed by atoms with van der Waals surface area (Å²) in [7, 11) is 0. The quantitative estimate of drug-likeness (QED) is 0.662. The van der Waals surface area contributed by atoms with Crippen LogP contribution in [0.3, 0.4) is 0 Å². The molecule has 1 unspecified atom stereocenters. The van der Waals surface area contributed by atoms with Gasteiger partial charge in [0.15, 0.2) is 0 Å². The lowest BCUT2D eigenvalue weighted by atomic mass is 10.0. The van der Waals surface area contributed by atoms with E-state index in [1.54, 1.807) is 0 Å². The number of fused-ring (bicyclic) bond motifs is 1. The van der Waals surface area contributed by atoms with Gasteiger partial charge in [0.1, 0.15) is 0 Å². The maximum absolute atomic E-state index is 5.86. The third-order valence-electron chi connectivity index (χ3n) is 3.49. The molecule has 0 amide bonds. The van der Waals surface area contributed by atoms with Crippen molar-refractivity contribution in [2.75, 3.05) is 17.2 Å². The van der Waals surface area contributed by atoms with Crippen molar-refractivity contribution in [3.8, 4) is 0 Å². The molecule has 1 heterocycles. The van der Waals surface area contributed by atoms with Gasteiger partial charge in [0, 0.05) is 32.9 Å². The van der Waals surface area contributed by atoms with E-state index in [2.05, 4.69) is 43.3 Å². The minimum absolute atomic E-state index is 0.670. The number of benzene rings is 2. The fourth-order valence-corrected chi connectivity index (χ4v) is 4.82. The Balaban J connectivity index is 1.69. The normalized spacial score (nSPS) is 17.4. The summed E-state index contributed by atoms with van der Waals surface area (Å²) < 4.78 is 0. The van der Waals surface area contributed by atoms with Gasteiger partial charge in [-0.2, -0.15) is 0 Å². The molecule has 3 heteroatoms. The van der Waals surface area contributed by atoms with E-state index in [-0.39, 0.29) is 0 Å². The maximum Gasteiger partial charge on any atom is 0.0344 e. The van der Waals surface area contributed by atoms with Gasteiger partial charge in [0.05, 0.1) is 0 Å². The predicted molar refractivity (Wildman–Crippen MR) is 86.2 cm³/mol. The first-order chi connectivity index (χ1) is 9.24. The zero-order valence-electron chi connectivity index (χ0n) is 10.9. The molecule has 1 nitrogen and oxygen atoms in total. The predicted octanol–water partition coefficient (Wildman–Crippen LogP) is 4.56. The van der Waals surface area contributed by atoms with Crippen molar-refractivity contribution in [2.24, 2.45) is 0 Å². The topological polar surface area (TPSA) is 26.0 Å². The van der Waals surface area contributed by atoms with E-state index in [1.807, 2.05) is 29.6 Å². The molecule has 1 aliphatic rings. The molecule has 1 aliphatic heterocycles. The molecule has 0 aliphatic carbocycles. The molecule has 0 saturated heterocycles. The molecule has 19 heavy (non-hydrogen) atoms. The van der Waals surface area contributed by atoms with Gasteiger partial charge in [-0.05, 0) is 42.3 Å². The first-order valence-corrected chi connectivity index (χ1v) is 8.42. The molecule has 3 rings (SSSR count). The Hall–Kier alpha value is -1.06. The lowest BCUT2D eigenvalue weighted by molar-refractivity contribution is 0.896. The smallest absolute Gasteiger partial charge is 0.0344 e. The van der Waals surface area contributed by atoms with E-state index in [0.29, 0.717) is 5.92 Å². The van der Waals surface area contributed by atoms with Crippen molar-refractivity contribution in [1.29, 1.82) is 0 Å². The molecule has 98 valence electrons. The molecule has 1 atom stereocenters. The van der Waals surface area contributed by atoms with Gasteiger partial charge in [0.25, 0.3) is 0 Å². The number of rotatable bonds is 3. The number of hydrogen-bond donors (Lipinski definition) is 1. The van der Waals surface area contributed by atoms with Crippen molar-refractivity contribution in [3.63, 3.8) is 0 Å². The van der Waals surface area contributed by atoms with Crippen LogP contribution in [0.2, 0.25) is 0 Å². The van der Waals surface area contributed by atoms with Crippen LogP contribution in [0.25, 0.3) is 0 Å². The average Bonchev–Trinajstić information content (AvgIpc) is 2.83. The van der Waals surface area contributed by atoms with Gasteiger partial charge in [-0.3, -0.25) is 0 Å². The third-order valence-corrected chi connectivity index (χ3v) is 5.90. The zero-order chi connectivity index (χ0) is 13.2. The van der Waals surface area contributed by atoms with Crippen molar-refractivity contribution in [2.45, 2.75) is 22.6 Å². The van der Waals surface area contributed by atoms with Crippen LogP contribution < -0.4 is 5.73 Å². The molecule has 2 N–H and O–H groups in total. The highest BCUT2D eigenvalue weighted by Gasteiger charge is 2.22. The molecule has 0 aromatic heterocycles. The van der Waals surface area contributed by atoms with E-state index in [9.17, 15) is 0 Å².